The number of methoxy groups -OCH3 is 1. The van der Waals surface area contributed by atoms with E-state index in [-0.39, 0.29) is 29.5 Å². The first-order valence-electron chi connectivity index (χ1n) is 13.6. The van der Waals surface area contributed by atoms with E-state index in [1.54, 1.807) is 18.2 Å². The third kappa shape index (κ3) is 7.94. The Morgan fingerprint density at radius 1 is 0.884 bits per heavy atom. The van der Waals surface area contributed by atoms with Crippen LogP contribution in [0.5, 0.6) is 5.75 Å². The van der Waals surface area contributed by atoms with Crippen molar-refractivity contribution in [1.29, 1.82) is 0 Å². The molecule has 4 aromatic carbocycles. The first-order chi connectivity index (χ1) is 20.6. The zero-order chi connectivity index (χ0) is 31.0. The molecule has 0 spiro atoms. The summed E-state index contributed by atoms with van der Waals surface area (Å²) in [5.41, 5.74) is 2.87. The number of nitrogens with one attached hydrogen (secondary N) is 1. The molecule has 2 amide bonds. The van der Waals surface area contributed by atoms with Crippen molar-refractivity contribution in [3.8, 4) is 5.75 Å². The molecule has 4 rings (SSSR count). The average molecular weight is 620 g/mol. The molecular weight excluding hydrogens is 586 g/mol. The van der Waals surface area contributed by atoms with Crippen LogP contribution < -0.4 is 14.4 Å². The van der Waals surface area contributed by atoms with Gasteiger partial charge in [-0.3, -0.25) is 13.9 Å². The third-order valence-corrected chi connectivity index (χ3v) is 9.00. The molecule has 0 aliphatic carbocycles. The van der Waals surface area contributed by atoms with Gasteiger partial charge in [-0.25, -0.2) is 8.42 Å². The number of aryl methyl sites for hydroxylation is 1. The summed E-state index contributed by atoms with van der Waals surface area (Å²) in [6.45, 7) is 1.47. The molecule has 0 saturated carbocycles. The summed E-state index contributed by atoms with van der Waals surface area (Å²) in [5.74, 6) is -0.428. The number of anilines is 1. The predicted octanol–water partition coefficient (Wildman–Crippen LogP) is 5.24. The molecule has 0 aromatic heterocycles. The first-order valence-corrected chi connectivity index (χ1v) is 15.5. The van der Waals surface area contributed by atoms with Crippen molar-refractivity contribution < 1.29 is 22.7 Å². The molecule has 8 nitrogen and oxygen atoms in total. The number of hydrogen-bond donors (Lipinski definition) is 1. The average Bonchev–Trinajstić information content (AvgIpc) is 3.01. The van der Waals surface area contributed by atoms with Crippen LogP contribution in [0.2, 0.25) is 5.02 Å². The Morgan fingerprint density at radius 3 is 2.19 bits per heavy atom. The molecule has 10 heteroatoms. The fourth-order valence-corrected chi connectivity index (χ4v) is 6.35. The summed E-state index contributed by atoms with van der Waals surface area (Å²) in [5, 5.41) is 2.99. The molecule has 0 unspecified atom stereocenters. The Balaban J connectivity index is 1.79. The number of likely N-dealkylation sites (N-methyl/N-ethyl adjacent to an activating group) is 1. The number of sulfonamides is 1. The summed E-state index contributed by atoms with van der Waals surface area (Å²) in [7, 11) is -1.24. The van der Waals surface area contributed by atoms with Crippen LogP contribution in [0.3, 0.4) is 0 Å². The minimum Gasteiger partial charge on any atom is -0.497 e. The van der Waals surface area contributed by atoms with Crippen LogP contribution in [-0.4, -0.2) is 51.9 Å². The molecule has 0 fully saturated rings. The fourth-order valence-electron chi connectivity index (χ4n) is 4.76. The largest absolute Gasteiger partial charge is 0.497 e. The number of nitrogens with zero attached hydrogens (tertiary/aromatic N) is 2. The lowest BCUT2D eigenvalue weighted by Gasteiger charge is -2.33. The lowest BCUT2D eigenvalue weighted by Crippen LogP contribution is -2.53. The Kier molecular flexibility index (Phi) is 10.4. The molecule has 0 saturated heterocycles. The number of amides is 2. The van der Waals surface area contributed by atoms with Gasteiger partial charge < -0.3 is 15.0 Å². The van der Waals surface area contributed by atoms with Crippen molar-refractivity contribution in [2.24, 2.45) is 0 Å². The molecule has 43 heavy (non-hydrogen) atoms. The number of ether oxygens (including phenoxy) is 1. The van der Waals surface area contributed by atoms with Gasteiger partial charge in [0.05, 0.1) is 17.7 Å². The highest BCUT2D eigenvalue weighted by Crippen LogP contribution is 2.28. The second kappa shape index (κ2) is 14.2. The summed E-state index contributed by atoms with van der Waals surface area (Å²) in [6.07, 6.45) is 0.237. The fraction of sp³-hybridized carbons (Fsp3) is 0.212. The molecule has 0 aliphatic rings. The topological polar surface area (TPSA) is 96.0 Å². The van der Waals surface area contributed by atoms with E-state index in [4.69, 9.17) is 16.3 Å². The van der Waals surface area contributed by atoms with Crippen molar-refractivity contribution in [2.75, 3.05) is 25.0 Å². The summed E-state index contributed by atoms with van der Waals surface area (Å²) < 4.78 is 34.3. The van der Waals surface area contributed by atoms with Crippen LogP contribution in [0.15, 0.2) is 108 Å². The maximum absolute atomic E-state index is 14.3. The van der Waals surface area contributed by atoms with Crippen molar-refractivity contribution >= 4 is 39.1 Å². The second-order valence-electron chi connectivity index (χ2n) is 10.00. The lowest BCUT2D eigenvalue weighted by molar-refractivity contribution is -0.139. The third-order valence-electron chi connectivity index (χ3n) is 6.98. The number of benzene rings is 4. The van der Waals surface area contributed by atoms with E-state index in [2.05, 4.69) is 5.32 Å². The molecule has 1 N–H and O–H groups in total. The monoisotopic (exact) mass is 619 g/mol. The van der Waals surface area contributed by atoms with Gasteiger partial charge in [0.2, 0.25) is 11.8 Å². The highest BCUT2D eigenvalue weighted by atomic mass is 35.5. The van der Waals surface area contributed by atoms with E-state index in [0.29, 0.717) is 10.8 Å². The molecule has 4 aromatic rings. The van der Waals surface area contributed by atoms with Crippen LogP contribution in [-0.2, 0) is 32.6 Å². The van der Waals surface area contributed by atoms with Crippen molar-refractivity contribution in [3.05, 3.63) is 125 Å². The number of carbonyl (C=O) groups is 2. The van der Waals surface area contributed by atoms with Crippen molar-refractivity contribution in [1.82, 2.24) is 10.2 Å². The highest BCUT2D eigenvalue weighted by Gasteiger charge is 2.34. The first kappa shape index (κ1) is 31.6. The van der Waals surface area contributed by atoms with E-state index < -0.39 is 28.5 Å². The maximum atomic E-state index is 14.3. The van der Waals surface area contributed by atoms with Crippen LogP contribution in [0.25, 0.3) is 0 Å². The van der Waals surface area contributed by atoms with Crippen LogP contribution in [0, 0.1) is 6.92 Å². The van der Waals surface area contributed by atoms with Gasteiger partial charge in [0.1, 0.15) is 18.3 Å². The van der Waals surface area contributed by atoms with Gasteiger partial charge in [-0.05, 0) is 60.5 Å². The van der Waals surface area contributed by atoms with Gasteiger partial charge in [0.25, 0.3) is 10.0 Å². The zero-order valence-corrected chi connectivity index (χ0v) is 25.8. The predicted molar refractivity (Wildman–Crippen MR) is 169 cm³/mol. The van der Waals surface area contributed by atoms with Crippen molar-refractivity contribution in [2.45, 2.75) is 30.8 Å². The Labute approximate surface area is 257 Å². The van der Waals surface area contributed by atoms with Gasteiger partial charge in [0, 0.05) is 25.0 Å². The maximum Gasteiger partial charge on any atom is 0.264 e. The van der Waals surface area contributed by atoms with E-state index in [0.717, 1.165) is 21.0 Å². The molecular formula is C33H34ClN3O5S. The van der Waals surface area contributed by atoms with Crippen molar-refractivity contribution in [3.63, 3.8) is 0 Å². The number of halogens is 1. The second-order valence-corrected chi connectivity index (χ2v) is 12.3. The summed E-state index contributed by atoms with van der Waals surface area (Å²) in [6, 6.07) is 28.3. The lowest BCUT2D eigenvalue weighted by atomic mass is 10.0. The number of hydrogen-bond acceptors (Lipinski definition) is 5. The summed E-state index contributed by atoms with van der Waals surface area (Å²) >= 11 is 6.26. The molecule has 0 heterocycles. The van der Waals surface area contributed by atoms with Gasteiger partial charge in [0.15, 0.2) is 0 Å². The normalized spacial score (nSPS) is 11.8. The quantitative estimate of drug-likeness (QED) is 0.234. The van der Waals surface area contributed by atoms with E-state index in [9.17, 15) is 18.0 Å². The summed E-state index contributed by atoms with van der Waals surface area (Å²) in [4.78, 5) is 29.1. The highest BCUT2D eigenvalue weighted by molar-refractivity contribution is 7.92. The van der Waals surface area contributed by atoms with Gasteiger partial charge in [-0.1, -0.05) is 77.8 Å². The number of carbonyl (C=O) groups excluding carboxylic acids is 2. The molecule has 0 bridgehead atoms. The smallest absolute Gasteiger partial charge is 0.264 e. The van der Waals surface area contributed by atoms with Gasteiger partial charge in [-0.15, -0.1) is 0 Å². The van der Waals surface area contributed by atoms with E-state index >= 15 is 0 Å². The van der Waals surface area contributed by atoms with E-state index in [1.807, 2.05) is 61.5 Å². The molecule has 0 aliphatic heterocycles. The van der Waals surface area contributed by atoms with Crippen LogP contribution in [0.4, 0.5) is 5.69 Å². The van der Waals surface area contributed by atoms with Gasteiger partial charge >= 0.3 is 0 Å². The van der Waals surface area contributed by atoms with Crippen LogP contribution in [0.1, 0.15) is 16.7 Å². The Hall–Kier alpha value is -4.34. The van der Waals surface area contributed by atoms with E-state index in [1.165, 1.54) is 49.4 Å². The number of rotatable bonds is 12. The minimum absolute atomic E-state index is 0.0292. The standard InChI is InChI=1S/C33H34ClN3O5S/c1-24-9-7-12-26(19-24)22-36(31(33(39)35-2)20-25-10-5-4-6-11-25)32(38)23-37(28-14-8-13-27(34)21-28)43(40,41)30-17-15-29(42-3)16-18-30/h4-19,21,31H,20,22-23H2,1-3H3,(H,35,39)/t31-/m1/s1. The zero-order valence-electron chi connectivity index (χ0n) is 24.2. The molecule has 0 radical (unpaired) electrons. The molecule has 1 atom stereocenters. The SMILES string of the molecule is CNC(=O)[C@@H](Cc1ccccc1)N(Cc1cccc(C)c1)C(=O)CN(c1cccc(Cl)c1)S(=O)(=O)c1ccc(OC)cc1. The van der Waals surface area contributed by atoms with Crippen LogP contribution >= 0.6 is 11.6 Å². The van der Waals surface area contributed by atoms with Gasteiger partial charge in [-0.2, -0.15) is 0 Å². The molecule has 224 valence electrons. The minimum atomic E-state index is -4.24. The Morgan fingerprint density at radius 2 is 1.56 bits per heavy atom. The Bertz CT molecular complexity index is 1660.